The Morgan fingerprint density at radius 3 is 2.32 bits per heavy atom. The highest BCUT2D eigenvalue weighted by atomic mass is 19.3. The summed E-state index contributed by atoms with van der Waals surface area (Å²) in [4.78, 5) is 0. The molecule has 7 heteroatoms. The van der Waals surface area contributed by atoms with Gasteiger partial charge >= 0.3 is 0 Å². The van der Waals surface area contributed by atoms with Crippen LogP contribution in [-0.4, -0.2) is 25.7 Å². The monoisotopic (exact) mass is 280 g/mol. The minimum atomic E-state index is -2.51. The van der Waals surface area contributed by atoms with Gasteiger partial charge in [-0.15, -0.1) is 0 Å². The summed E-state index contributed by atoms with van der Waals surface area (Å²) in [5, 5.41) is 0. The first-order valence-electron chi connectivity index (χ1n) is 5.78. The van der Waals surface area contributed by atoms with Crippen LogP contribution in [0.3, 0.4) is 0 Å². The zero-order chi connectivity index (χ0) is 14.3. The third-order valence-electron chi connectivity index (χ3n) is 2.49. The van der Waals surface area contributed by atoms with Gasteiger partial charge in [-0.05, 0) is 30.5 Å². The van der Waals surface area contributed by atoms with Crippen LogP contribution in [0.15, 0.2) is 18.2 Å². The van der Waals surface area contributed by atoms with Crippen LogP contribution in [0.2, 0.25) is 0 Å². The number of hydrogen-bond acceptors (Lipinski definition) is 3. The van der Waals surface area contributed by atoms with E-state index in [0.29, 0.717) is 12.0 Å². The van der Waals surface area contributed by atoms with Crippen molar-refractivity contribution in [3.63, 3.8) is 0 Å². The molecule has 0 radical (unpaired) electrons. The molecule has 0 aromatic heterocycles. The van der Waals surface area contributed by atoms with Crippen molar-refractivity contribution in [1.82, 2.24) is 5.43 Å². The molecule has 0 aliphatic rings. The lowest BCUT2D eigenvalue weighted by molar-refractivity contribution is 0.0144. The average Bonchev–Trinajstić information content (AvgIpc) is 2.31. The molecule has 3 nitrogen and oxygen atoms in total. The van der Waals surface area contributed by atoms with Gasteiger partial charge in [0, 0.05) is 18.7 Å². The molecule has 0 fully saturated rings. The minimum absolute atomic E-state index is 0.0943. The fourth-order valence-corrected chi connectivity index (χ4v) is 1.66. The summed E-state index contributed by atoms with van der Waals surface area (Å²) in [5.41, 5.74) is 2.90. The van der Waals surface area contributed by atoms with Crippen LogP contribution in [0.25, 0.3) is 0 Å². The number of hydrazine groups is 1. The first-order chi connectivity index (χ1) is 9.01. The number of halogens is 4. The highest BCUT2D eigenvalue weighted by molar-refractivity contribution is 5.18. The van der Waals surface area contributed by atoms with E-state index in [2.05, 4.69) is 5.43 Å². The third-order valence-corrected chi connectivity index (χ3v) is 2.49. The number of hydrogen-bond donors (Lipinski definition) is 2. The maximum absolute atomic E-state index is 13.0. The van der Waals surface area contributed by atoms with Crippen molar-refractivity contribution >= 4 is 0 Å². The van der Waals surface area contributed by atoms with E-state index in [0.717, 1.165) is 6.07 Å². The van der Waals surface area contributed by atoms with Crippen molar-refractivity contribution in [2.45, 2.75) is 25.3 Å². The highest BCUT2D eigenvalue weighted by Crippen LogP contribution is 2.11. The molecule has 1 aromatic carbocycles. The van der Waals surface area contributed by atoms with Gasteiger partial charge < -0.3 is 4.74 Å². The average molecular weight is 280 g/mol. The van der Waals surface area contributed by atoms with Crippen molar-refractivity contribution in [2.75, 3.05) is 13.2 Å². The van der Waals surface area contributed by atoms with E-state index in [1.54, 1.807) is 0 Å². The first-order valence-corrected chi connectivity index (χ1v) is 5.78. The molecular formula is C12H16F4N2O. The molecule has 1 rings (SSSR count). The second-order valence-corrected chi connectivity index (χ2v) is 4.10. The van der Waals surface area contributed by atoms with Crippen LogP contribution in [-0.2, 0) is 11.2 Å². The Morgan fingerprint density at radius 2 is 1.79 bits per heavy atom. The van der Waals surface area contributed by atoms with E-state index in [1.165, 1.54) is 12.1 Å². The summed E-state index contributed by atoms with van der Waals surface area (Å²) >= 11 is 0. The van der Waals surface area contributed by atoms with Gasteiger partial charge in [-0.3, -0.25) is 11.3 Å². The lowest BCUT2D eigenvalue weighted by atomic mass is 10.0. The van der Waals surface area contributed by atoms with Crippen molar-refractivity contribution in [3.8, 4) is 0 Å². The van der Waals surface area contributed by atoms with E-state index in [-0.39, 0.29) is 19.1 Å². The molecule has 0 aliphatic heterocycles. The van der Waals surface area contributed by atoms with Gasteiger partial charge in [0.05, 0.1) is 0 Å². The Labute approximate surface area is 108 Å². The number of benzene rings is 1. The summed E-state index contributed by atoms with van der Waals surface area (Å²) in [6.45, 7) is -0.539. The zero-order valence-corrected chi connectivity index (χ0v) is 10.2. The smallest absolute Gasteiger partial charge is 0.261 e. The molecule has 0 bridgehead atoms. The lowest BCUT2D eigenvalue weighted by Gasteiger charge is -2.16. The fourth-order valence-electron chi connectivity index (χ4n) is 1.66. The molecule has 0 heterocycles. The molecule has 1 atom stereocenters. The number of alkyl halides is 2. The standard InChI is InChI=1S/C12H16F4N2O/c13-9-3-8(4-10(14)6-9)5-11(18-17)1-2-19-7-12(15)16/h3-4,6,11-12,18H,1-2,5,7,17H2. The number of ether oxygens (including phenoxy) is 1. The largest absolute Gasteiger partial charge is 0.375 e. The van der Waals surface area contributed by atoms with Gasteiger partial charge in [0.2, 0.25) is 0 Å². The minimum Gasteiger partial charge on any atom is -0.375 e. The van der Waals surface area contributed by atoms with Gasteiger partial charge in [0.15, 0.2) is 0 Å². The SMILES string of the molecule is NNC(CCOCC(F)F)Cc1cc(F)cc(F)c1. The summed E-state index contributed by atoms with van der Waals surface area (Å²) < 4.78 is 54.3. The zero-order valence-electron chi connectivity index (χ0n) is 10.2. The molecular weight excluding hydrogens is 264 g/mol. The van der Waals surface area contributed by atoms with Crippen LogP contribution in [0.4, 0.5) is 17.6 Å². The predicted octanol–water partition coefficient (Wildman–Crippen LogP) is 2.01. The summed E-state index contributed by atoms with van der Waals surface area (Å²) in [6, 6.07) is 2.87. The molecule has 0 aliphatic carbocycles. The highest BCUT2D eigenvalue weighted by Gasteiger charge is 2.10. The van der Waals surface area contributed by atoms with E-state index >= 15 is 0 Å². The predicted molar refractivity (Wildman–Crippen MR) is 62.6 cm³/mol. The Balaban J connectivity index is 2.43. The fraction of sp³-hybridized carbons (Fsp3) is 0.500. The van der Waals surface area contributed by atoms with E-state index in [4.69, 9.17) is 10.6 Å². The maximum Gasteiger partial charge on any atom is 0.261 e. The van der Waals surface area contributed by atoms with Crippen molar-refractivity contribution in [3.05, 3.63) is 35.4 Å². The molecule has 0 saturated carbocycles. The summed E-state index contributed by atoms with van der Waals surface area (Å²) in [7, 11) is 0. The summed E-state index contributed by atoms with van der Waals surface area (Å²) in [5.74, 6) is 3.96. The van der Waals surface area contributed by atoms with Crippen molar-refractivity contribution in [2.24, 2.45) is 5.84 Å². The van der Waals surface area contributed by atoms with Crippen LogP contribution in [0, 0.1) is 11.6 Å². The van der Waals surface area contributed by atoms with E-state index in [1.807, 2.05) is 0 Å². The van der Waals surface area contributed by atoms with Gasteiger partial charge in [0.1, 0.15) is 18.2 Å². The maximum atomic E-state index is 13.0. The number of rotatable bonds is 8. The second-order valence-electron chi connectivity index (χ2n) is 4.10. The molecule has 108 valence electrons. The Hall–Kier alpha value is -1.18. The van der Waals surface area contributed by atoms with Gasteiger partial charge in [-0.2, -0.15) is 0 Å². The molecule has 19 heavy (non-hydrogen) atoms. The van der Waals surface area contributed by atoms with Crippen LogP contribution in [0.5, 0.6) is 0 Å². The topological polar surface area (TPSA) is 47.3 Å². The third kappa shape index (κ3) is 6.51. The van der Waals surface area contributed by atoms with Crippen molar-refractivity contribution in [1.29, 1.82) is 0 Å². The lowest BCUT2D eigenvalue weighted by Crippen LogP contribution is -2.37. The Bertz CT molecular complexity index is 370. The second kappa shape index (κ2) is 8.08. The number of nitrogens with one attached hydrogen (secondary N) is 1. The van der Waals surface area contributed by atoms with Crippen LogP contribution < -0.4 is 11.3 Å². The van der Waals surface area contributed by atoms with E-state index in [9.17, 15) is 17.6 Å². The first kappa shape index (κ1) is 15.9. The van der Waals surface area contributed by atoms with E-state index < -0.39 is 24.7 Å². The quantitative estimate of drug-likeness (QED) is 0.331. The van der Waals surface area contributed by atoms with Crippen LogP contribution in [0.1, 0.15) is 12.0 Å². The molecule has 0 saturated heterocycles. The van der Waals surface area contributed by atoms with Crippen LogP contribution >= 0.6 is 0 Å². The van der Waals surface area contributed by atoms with Crippen molar-refractivity contribution < 1.29 is 22.3 Å². The molecule has 1 unspecified atom stereocenters. The van der Waals surface area contributed by atoms with Gasteiger partial charge in [-0.1, -0.05) is 0 Å². The molecule has 0 spiro atoms. The molecule has 3 N–H and O–H groups in total. The molecule has 0 amide bonds. The van der Waals surface area contributed by atoms with Gasteiger partial charge in [-0.25, -0.2) is 17.6 Å². The normalized spacial score (nSPS) is 12.9. The Morgan fingerprint density at radius 1 is 1.16 bits per heavy atom. The Kier molecular flexibility index (Phi) is 6.75. The summed E-state index contributed by atoms with van der Waals surface area (Å²) in [6.07, 6.45) is -1.87. The van der Waals surface area contributed by atoms with Gasteiger partial charge in [0.25, 0.3) is 6.43 Å². The molecule has 1 aromatic rings. The number of nitrogens with two attached hydrogens (primary N) is 1.